The first-order chi connectivity index (χ1) is 9.54. The monoisotopic (exact) mass is 279 g/mol. The van der Waals surface area contributed by atoms with E-state index in [9.17, 15) is 14.7 Å². The molecule has 0 spiro atoms. The molecule has 1 aliphatic rings. The number of rotatable bonds is 4. The molecule has 2 atom stereocenters. The number of aromatic nitrogens is 2. The molecular weight excluding hydrogens is 262 g/mol. The smallest absolute Gasteiger partial charge is 0.335 e. The molecule has 2 rings (SSSR count). The van der Waals surface area contributed by atoms with Gasteiger partial charge in [0.25, 0.3) is 0 Å². The Kier molecular flexibility index (Phi) is 4.29. The van der Waals surface area contributed by atoms with E-state index in [0.29, 0.717) is 18.1 Å². The second-order valence-electron chi connectivity index (χ2n) is 4.63. The highest BCUT2D eigenvalue weighted by Crippen LogP contribution is 2.29. The number of aryl methyl sites for hydroxylation is 1. The van der Waals surface area contributed by atoms with Crippen molar-refractivity contribution >= 4 is 11.9 Å². The predicted octanol–water partition coefficient (Wildman–Crippen LogP) is 0.548. The summed E-state index contributed by atoms with van der Waals surface area (Å²) < 4.78 is 5.18. The lowest BCUT2D eigenvalue weighted by Gasteiger charge is -2.38. The molecule has 0 aliphatic carbocycles. The molecule has 0 saturated carbocycles. The van der Waals surface area contributed by atoms with E-state index < -0.39 is 18.1 Å². The van der Waals surface area contributed by atoms with E-state index in [1.165, 1.54) is 4.90 Å². The zero-order valence-corrected chi connectivity index (χ0v) is 11.4. The van der Waals surface area contributed by atoms with Crippen LogP contribution in [0.2, 0.25) is 0 Å². The maximum Gasteiger partial charge on any atom is 0.335 e. The van der Waals surface area contributed by atoms with Gasteiger partial charge in [0.2, 0.25) is 5.91 Å². The summed E-state index contributed by atoms with van der Waals surface area (Å²) in [5.74, 6) is -0.786. The highest BCUT2D eigenvalue weighted by Gasteiger charge is 2.42. The van der Waals surface area contributed by atoms with Crippen LogP contribution in [0.3, 0.4) is 0 Å². The van der Waals surface area contributed by atoms with Crippen LogP contribution < -0.4 is 0 Å². The Bertz CT molecular complexity index is 520. The molecule has 1 fully saturated rings. The normalized spacial score (nSPS) is 22.9. The van der Waals surface area contributed by atoms with Gasteiger partial charge in [0, 0.05) is 12.7 Å². The van der Waals surface area contributed by atoms with Crippen LogP contribution in [0.15, 0.2) is 12.3 Å². The van der Waals surface area contributed by atoms with Crippen LogP contribution in [0.4, 0.5) is 0 Å². The van der Waals surface area contributed by atoms with Gasteiger partial charge in [0.15, 0.2) is 6.10 Å². The second-order valence-corrected chi connectivity index (χ2v) is 4.63. The quantitative estimate of drug-likeness (QED) is 0.865. The number of carboxylic acid groups (broad SMARTS) is 1. The third-order valence-electron chi connectivity index (χ3n) is 3.14. The molecular formula is C13H17N3O4. The average molecular weight is 279 g/mol. The van der Waals surface area contributed by atoms with Gasteiger partial charge in [-0.2, -0.15) is 0 Å². The van der Waals surface area contributed by atoms with Crippen molar-refractivity contribution in [1.82, 2.24) is 14.9 Å². The number of morpholine rings is 1. The first-order valence-corrected chi connectivity index (χ1v) is 6.48. The van der Waals surface area contributed by atoms with Crippen LogP contribution in [-0.4, -0.2) is 51.1 Å². The molecule has 108 valence electrons. The van der Waals surface area contributed by atoms with Gasteiger partial charge in [-0.3, -0.25) is 4.79 Å². The van der Waals surface area contributed by atoms with E-state index in [1.807, 2.05) is 6.92 Å². The standard InChI is InChI=1S/C13H17N3O4/c1-3-6-16-10(17)7-20-12(13(18)19)11(16)9-4-5-14-8(2)15-9/h4-5,11-12H,3,6-7H2,1-2H3,(H,18,19). The van der Waals surface area contributed by atoms with Gasteiger partial charge >= 0.3 is 5.97 Å². The lowest BCUT2D eigenvalue weighted by Crippen LogP contribution is -2.52. The molecule has 0 bridgehead atoms. The number of nitrogens with zero attached hydrogens (tertiary/aromatic N) is 3. The van der Waals surface area contributed by atoms with E-state index in [1.54, 1.807) is 19.2 Å². The summed E-state index contributed by atoms with van der Waals surface area (Å²) in [5, 5.41) is 9.31. The first-order valence-electron chi connectivity index (χ1n) is 6.48. The number of aliphatic carboxylic acids is 1. The zero-order chi connectivity index (χ0) is 14.7. The van der Waals surface area contributed by atoms with E-state index in [-0.39, 0.29) is 12.5 Å². The van der Waals surface area contributed by atoms with Crippen LogP contribution in [0.25, 0.3) is 0 Å². The van der Waals surface area contributed by atoms with Crippen molar-refractivity contribution in [1.29, 1.82) is 0 Å². The van der Waals surface area contributed by atoms with Gasteiger partial charge in [-0.1, -0.05) is 6.92 Å². The summed E-state index contributed by atoms with van der Waals surface area (Å²) in [7, 11) is 0. The number of carbonyl (C=O) groups is 2. The van der Waals surface area contributed by atoms with Crippen LogP contribution in [0, 0.1) is 6.92 Å². The Labute approximate surface area is 116 Å². The molecule has 7 nitrogen and oxygen atoms in total. The van der Waals surface area contributed by atoms with Gasteiger partial charge in [-0.25, -0.2) is 14.8 Å². The fraction of sp³-hybridized carbons (Fsp3) is 0.538. The van der Waals surface area contributed by atoms with Gasteiger partial charge in [0.05, 0.1) is 5.69 Å². The number of carboxylic acids is 1. The van der Waals surface area contributed by atoms with Crippen molar-refractivity contribution in [2.75, 3.05) is 13.2 Å². The third kappa shape index (κ3) is 2.77. The Balaban J connectivity index is 2.42. The van der Waals surface area contributed by atoms with Gasteiger partial charge in [-0.15, -0.1) is 0 Å². The molecule has 1 N–H and O–H groups in total. The summed E-state index contributed by atoms with van der Waals surface area (Å²) in [6, 6.07) is 0.911. The summed E-state index contributed by atoms with van der Waals surface area (Å²) in [6.07, 6.45) is 1.19. The third-order valence-corrected chi connectivity index (χ3v) is 3.14. The van der Waals surface area contributed by atoms with E-state index in [4.69, 9.17) is 4.74 Å². The number of carbonyl (C=O) groups excluding carboxylic acids is 1. The number of ether oxygens (including phenoxy) is 1. The van der Waals surface area contributed by atoms with Crippen molar-refractivity contribution in [3.05, 3.63) is 23.8 Å². The summed E-state index contributed by atoms with van der Waals surface area (Å²) in [6.45, 7) is 3.91. The molecule has 1 aliphatic heterocycles. The van der Waals surface area contributed by atoms with Gasteiger partial charge in [0.1, 0.15) is 18.5 Å². The van der Waals surface area contributed by atoms with Crippen LogP contribution in [0.5, 0.6) is 0 Å². The van der Waals surface area contributed by atoms with E-state index in [0.717, 1.165) is 6.42 Å². The maximum atomic E-state index is 12.0. The number of amides is 1. The van der Waals surface area contributed by atoms with Gasteiger partial charge < -0.3 is 14.7 Å². The van der Waals surface area contributed by atoms with Crippen LogP contribution in [0.1, 0.15) is 30.9 Å². The Morgan fingerprint density at radius 2 is 2.35 bits per heavy atom. The molecule has 7 heteroatoms. The fourth-order valence-electron chi connectivity index (χ4n) is 2.32. The van der Waals surface area contributed by atoms with Crippen LogP contribution >= 0.6 is 0 Å². The molecule has 20 heavy (non-hydrogen) atoms. The molecule has 1 saturated heterocycles. The average Bonchev–Trinajstić information content (AvgIpc) is 2.40. The molecule has 2 unspecified atom stereocenters. The van der Waals surface area contributed by atoms with Crippen molar-refractivity contribution in [3.8, 4) is 0 Å². The van der Waals surface area contributed by atoms with E-state index >= 15 is 0 Å². The Hall–Kier alpha value is -2.02. The summed E-state index contributed by atoms with van der Waals surface area (Å²) in [4.78, 5) is 33.1. The van der Waals surface area contributed by atoms with Gasteiger partial charge in [-0.05, 0) is 19.4 Å². The Morgan fingerprint density at radius 1 is 1.60 bits per heavy atom. The molecule has 1 amide bonds. The Morgan fingerprint density at radius 3 is 2.95 bits per heavy atom. The first kappa shape index (κ1) is 14.4. The highest BCUT2D eigenvalue weighted by molar-refractivity contribution is 5.82. The fourth-order valence-corrected chi connectivity index (χ4v) is 2.32. The number of hydrogen-bond acceptors (Lipinski definition) is 5. The lowest BCUT2D eigenvalue weighted by molar-refractivity contribution is -0.173. The van der Waals surface area contributed by atoms with Crippen molar-refractivity contribution in [3.63, 3.8) is 0 Å². The maximum absolute atomic E-state index is 12.0. The largest absolute Gasteiger partial charge is 0.479 e. The number of hydrogen-bond donors (Lipinski definition) is 1. The molecule has 0 aromatic carbocycles. The second kappa shape index (κ2) is 5.96. The van der Waals surface area contributed by atoms with E-state index in [2.05, 4.69) is 9.97 Å². The minimum atomic E-state index is -1.10. The van der Waals surface area contributed by atoms with Crippen molar-refractivity contribution in [2.45, 2.75) is 32.4 Å². The SMILES string of the molecule is CCCN1C(=O)COC(C(=O)O)C1c1ccnc(C)n1. The molecule has 1 aromatic heterocycles. The molecule has 2 heterocycles. The minimum absolute atomic E-state index is 0.211. The highest BCUT2D eigenvalue weighted by atomic mass is 16.5. The minimum Gasteiger partial charge on any atom is -0.479 e. The summed E-state index contributed by atoms with van der Waals surface area (Å²) in [5.41, 5.74) is 0.492. The van der Waals surface area contributed by atoms with Crippen LogP contribution in [-0.2, 0) is 14.3 Å². The molecule has 0 radical (unpaired) electrons. The lowest BCUT2D eigenvalue weighted by atomic mass is 10.0. The van der Waals surface area contributed by atoms with Crippen molar-refractivity contribution < 1.29 is 19.4 Å². The molecule has 1 aromatic rings. The summed E-state index contributed by atoms with van der Waals surface area (Å²) >= 11 is 0. The topological polar surface area (TPSA) is 92.6 Å². The van der Waals surface area contributed by atoms with Crippen molar-refractivity contribution in [2.24, 2.45) is 0 Å². The zero-order valence-electron chi connectivity index (χ0n) is 11.4. The predicted molar refractivity (Wildman–Crippen MR) is 68.9 cm³/mol.